The van der Waals surface area contributed by atoms with Gasteiger partial charge in [-0.05, 0) is 0 Å². The molecule has 0 aliphatic heterocycles. The van der Waals surface area contributed by atoms with E-state index in [0.717, 1.165) is 18.5 Å². The molecular weight excluding hydrogens is 188 g/mol. The zero-order chi connectivity index (χ0) is 10.6. The monoisotopic (exact) mass is 196 g/mol. The maximum atomic E-state index is 10.7. The number of carbonyl (C=O) groups is 1. The van der Waals surface area contributed by atoms with Gasteiger partial charge in [0.05, 0.1) is 18.1 Å². The molecular formula is C8H8N2O4. The van der Waals surface area contributed by atoms with Crippen LogP contribution in [0.4, 0.5) is 0 Å². The molecule has 6 nitrogen and oxygen atoms in total. The maximum absolute atomic E-state index is 10.7. The minimum Gasteiger partial charge on any atom is -0.456 e. The van der Waals surface area contributed by atoms with Gasteiger partial charge in [0.15, 0.2) is 0 Å². The highest BCUT2D eigenvalue weighted by molar-refractivity contribution is 5.81. The molecule has 1 aromatic heterocycles. The van der Waals surface area contributed by atoms with Crippen LogP contribution in [0.25, 0.3) is 0 Å². The molecule has 0 aromatic carbocycles. The number of hydrogen-bond donors (Lipinski definition) is 1. The third kappa shape index (κ3) is 2.44. The molecule has 0 saturated heterocycles. The lowest BCUT2D eigenvalue weighted by Crippen LogP contribution is -2.18. The normalized spacial score (nSPS) is 9.43. The van der Waals surface area contributed by atoms with Gasteiger partial charge in [-0.3, -0.25) is 9.78 Å². The Morgan fingerprint density at radius 2 is 2.50 bits per heavy atom. The highest BCUT2D eigenvalue weighted by Gasteiger charge is 2.01. The van der Waals surface area contributed by atoms with Crippen molar-refractivity contribution in [2.45, 2.75) is 6.61 Å². The van der Waals surface area contributed by atoms with E-state index in [-0.39, 0.29) is 12.3 Å². The summed E-state index contributed by atoms with van der Waals surface area (Å²) < 4.78 is 4.99. The van der Waals surface area contributed by atoms with Crippen molar-refractivity contribution in [1.29, 1.82) is 0 Å². The summed E-state index contributed by atoms with van der Waals surface area (Å²) in [6.07, 6.45) is 3.00. The van der Waals surface area contributed by atoms with E-state index in [1.807, 2.05) is 0 Å². The van der Waals surface area contributed by atoms with Crippen molar-refractivity contribution in [2.75, 3.05) is 0 Å². The number of carbonyl (C=O) groups excluding carboxylic acids is 1. The molecule has 0 fully saturated rings. The number of rotatable bonds is 3. The summed E-state index contributed by atoms with van der Waals surface area (Å²) in [5.74, 6) is -0.595. The van der Waals surface area contributed by atoms with E-state index in [4.69, 9.17) is 5.21 Å². The van der Waals surface area contributed by atoms with Crippen LogP contribution < -0.4 is 5.56 Å². The fourth-order valence-corrected chi connectivity index (χ4v) is 0.714. The van der Waals surface area contributed by atoms with Crippen LogP contribution >= 0.6 is 0 Å². The summed E-state index contributed by atoms with van der Waals surface area (Å²) in [5, 5.41) is 8.93. The van der Waals surface area contributed by atoms with Crippen molar-refractivity contribution in [1.82, 2.24) is 9.71 Å². The molecule has 0 spiro atoms. The fraction of sp³-hybridized carbons (Fsp3) is 0.125. The van der Waals surface area contributed by atoms with Gasteiger partial charge in [0.1, 0.15) is 6.61 Å². The summed E-state index contributed by atoms with van der Waals surface area (Å²) in [4.78, 5) is 25.0. The van der Waals surface area contributed by atoms with Gasteiger partial charge in [-0.15, -0.1) is 0 Å². The molecule has 0 saturated carbocycles. The quantitative estimate of drug-likeness (QED) is 0.408. The fourth-order valence-electron chi connectivity index (χ4n) is 0.714. The largest absolute Gasteiger partial charge is 0.456 e. The van der Waals surface area contributed by atoms with Crippen molar-refractivity contribution in [2.24, 2.45) is 0 Å². The van der Waals surface area contributed by atoms with Gasteiger partial charge < -0.3 is 9.94 Å². The standard InChI is InChI=1S/C8H8N2O4/c1-2-8(12)14-5-6-4-10(13)7(11)3-9-6/h2-4,13H,1,5H2. The average molecular weight is 196 g/mol. The molecule has 1 heterocycles. The molecule has 14 heavy (non-hydrogen) atoms. The van der Waals surface area contributed by atoms with Crippen molar-refractivity contribution in [3.63, 3.8) is 0 Å². The molecule has 0 aliphatic carbocycles. The summed E-state index contributed by atoms with van der Waals surface area (Å²) in [6, 6.07) is 0. The van der Waals surface area contributed by atoms with Crippen molar-refractivity contribution >= 4 is 5.97 Å². The summed E-state index contributed by atoms with van der Waals surface area (Å²) in [7, 11) is 0. The minimum absolute atomic E-state index is 0.119. The van der Waals surface area contributed by atoms with Gasteiger partial charge >= 0.3 is 11.5 Å². The Balaban J connectivity index is 2.69. The van der Waals surface area contributed by atoms with Gasteiger partial charge in [-0.1, -0.05) is 6.58 Å². The molecule has 0 radical (unpaired) electrons. The molecule has 1 N–H and O–H groups in total. The van der Waals surface area contributed by atoms with E-state index >= 15 is 0 Å². The molecule has 0 aliphatic rings. The Morgan fingerprint density at radius 1 is 1.79 bits per heavy atom. The highest BCUT2D eigenvalue weighted by atomic mass is 16.5. The average Bonchev–Trinajstić information content (AvgIpc) is 2.19. The predicted molar refractivity (Wildman–Crippen MR) is 45.7 cm³/mol. The van der Waals surface area contributed by atoms with Crippen molar-refractivity contribution in [3.8, 4) is 0 Å². The van der Waals surface area contributed by atoms with E-state index in [9.17, 15) is 9.59 Å². The van der Waals surface area contributed by atoms with Gasteiger partial charge in [0, 0.05) is 6.08 Å². The Bertz CT molecular complexity index is 410. The summed E-state index contributed by atoms with van der Waals surface area (Å²) in [5.41, 5.74) is -0.383. The van der Waals surface area contributed by atoms with Crippen LogP contribution in [0.5, 0.6) is 0 Å². The second kappa shape index (κ2) is 4.22. The van der Waals surface area contributed by atoms with Gasteiger partial charge in [0.25, 0.3) is 0 Å². The van der Waals surface area contributed by atoms with Crippen LogP contribution in [0.2, 0.25) is 0 Å². The van der Waals surface area contributed by atoms with E-state index in [2.05, 4.69) is 16.3 Å². The van der Waals surface area contributed by atoms with E-state index in [0.29, 0.717) is 4.73 Å². The number of aromatic nitrogens is 2. The van der Waals surface area contributed by atoms with E-state index in [1.54, 1.807) is 0 Å². The lowest BCUT2D eigenvalue weighted by Gasteiger charge is -2.01. The second-order valence-electron chi connectivity index (χ2n) is 2.37. The SMILES string of the molecule is C=CC(=O)OCc1cn(O)c(=O)cn1. The second-order valence-corrected chi connectivity index (χ2v) is 2.37. The van der Waals surface area contributed by atoms with E-state index < -0.39 is 11.5 Å². The Hall–Kier alpha value is -2.11. The first-order valence-electron chi connectivity index (χ1n) is 3.69. The van der Waals surface area contributed by atoms with Gasteiger partial charge in [-0.2, -0.15) is 4.73 Å². The molecule has 1 aromatic rings. The van der Waals surface area contributed by atoms with Gasteiger partial charge in [-0.25, -0.2) is 4.79 Å². The van der Waals surface area contributed by atoms with Crippen LogP contribution in [0.1, 0.15) is 5.69 Å². The molecule has 0 atom stereocenters. The topological polar surface area (TPSA) is 81.4 Å². The summed E-state index contributed by atoms with van der Waals surface area (Å²) >= 11 is 0. The smallest absolute Gasteiger partial charge is 0.330 e. The maximum Gasteiger partial charge on any atom is 0.330 e. The van der Waals surface area contributed by atoms with Crippen LogP contribution in [0.3, 0.4) is 0 Å². The Labute approximate surface area is 79.0 Å². The zero-order valence-electron chi connectivity index (χ0n) is 7.21. The third-order valence-corrected chi connectivity index (χ3v) is 1.37. The minimum atomic E-state index is -0.649. The first-order valence-corrected chi connectivity index (χ1v) is 3.69. The van der Waals surface area contributed by atoms with Crippen molar-refractivity contribution in [3.05, 3.63) is 41.1 Å². The van der Waals surface area contributed by atoms with Crippen LogP contribution in [-0.4, -0.2) is 20.9 Å². The number of ether oxygens (including phenoxy) is 1. The molecule has 0 bridgehead atoms. The zero-order valence-corrected chi connectivity index (χ0v) is 7.21. The Morgan fingerprint density at radius 3 is 3.07 bits per heavy atom. The third-order valence-electron chi connectivity index (χ3n) is 1.37. The van der Waals surface area contributed by atoms with E-state index in [1.165, 1.54) is 0 Å². The summed E-state index contributed by atoms with van der Waals surface area (Å²) in [6.45, 7) is 3.09. The lowest BCUT2D eigenvalue weighted by atomic mass is 10.5. The van der Waals surface area contributed by atoms with Crippen molar-refractivity contribution < 1.29 is 14.7 Å². The van der Waals surface area contributed by atoms with Crippen LogP contribution in [-0.2, 0) is 16.1 Å². The van der Waals surface area contributed by atoms with Gasteiger partial charge in [0.2, 0.25) is 0 Å². The molecule has 6 heteroatoms. The molecule has 74 valence electrons. The van der Waals surface area contributed by atoms with Crippen LogP contribution in [0, 0.1) is 0 Å². The Kier molecular flexibility index (Phi) is 3.01. The number of esters is 1. The first kappa shape index (κ1) is 9.97. The predicted octanol–water partition coefficient (Wildman–Crippen LogP) is -0.290. The van der Waals surface area contributed by atoms with Crippen LogP contribution in [0.15, 0.2) is 29.8 Å². The molecule has 0 unspecified atom stereocenters. The number of hydrogen-bond acceptors (Lipinski definition) is 5. The molecule has 0 amide bonds. The lowest BCUT2D eigenvalue weighted by molar-refractivity contribution is -0.139. The molecule has 1 rings (SSSR count). The first-order chi connectivity index (χ1) is 6.63. The highest BCUT2D eigenvalue weighted by Crippen LogP contribution is 1.93. The number of nitrogens with zero attached hydrogens (tertiary/aromatic N) is 2.